The third kappa shape index (κ3) is 6.19. The lowest BCUT2D eigenvalue weighted by Gasteiger charge is -2.33. The molecule has 0 bridgehead atoms. The summed E-state index contributed by atoms with van der Waals surface area (Å²) >= 11 is 1.50. The summed E-state index contributed by atoms with van der Waals surface area (Å²) in [7, 11) is 0. The number of piperidine rings is 1. The van der Waals surface area contributed by atoms with Crippen molar-refractivity contribution in [3.8, 4) is 6.07 Å². The molecule has 2 fully saturated rings. The molecular formula is C29H32F3N5S. The second kappa shape index (κ2) is 11.4. The van der Waals surface area contributed by atoms with Crippen LogP contribution in [0.4, 0.5) is 18.9 Å². The number of rotatable bonds is 8. The lowest BCUT2D eigenvalue weighted by molar-refractivity contribution is -0.138. The summed E-state index contributed by atoms with van der Waals surface area (Å²) in [6.45, 7) is 4.46. The fourth-order valence-corrected chi connectivity index (χ4v) is 6.56. The largest absolute Gasteiger partial charge is 0.418 e. The Morgan fingerprint density at radius 1 is 1.21 bits per heavy atom. The number of aromatic nitrogens is 2. The zero-order chi connectivity index (χ0) is 26.7. The predicted molar refractivity (Wildman–Crippen MR) is 143 cm³/mol. The van der Waals surface area contributed by atoms with Gasteiger partial charge >= 0.3 is 6.18 Å². The smallest absolute Gasteiger partial charge is 0.379 e. The first kappa shape index (κ1) is 26.6. The van der Waals surface area contributed by atoms with Gasteiger partial charge in [0.15, 0.2) is 5.69 Å². The number of hydrogen-bond acceptors (Lipinski definition) is 6. The number of nitrogens with zero attached hydrogens (tertiary/aromatic N) is 4. The monoisotopic (exact) mass is 539 g/mol. The summed E-state index contributed by atoms with van der Waals surface area (Å²) in [6.07, 6.45) is 2.73. The van der Waals surface area contributed by atoms with Crippen LogP contribution in [0.15, 0.2) is 41.9 Å². The van der Waals surface area contributed by atoms with E-state index in [9.17, 15) is 18.4 Å². The van der Waals surface area contributed by atoms with Crippen molar-refractivity contribution in [1.29, 1.82) is 5.26 Å². The highest BCUT2D eigenvalue weighted by molar-refractivity contribution is 7.09. The number of nitriles is 1. The highest BCUT2D eigenvalue weighted by Gasteiger charge is 2.35. The molecular weight excluding hydrogens is 507 g/mol. The van der Waals surface area contributed by atoms with Crippen LogP contribution in [-0.2, 0) is 19.3 Å². The lowest BCUT2D eigenvalue weighted by atomic mass is 9.73. The van der Waals surface area contributed by atoms with Gasteiger partial charge in [-0.2, -0.15) is 18.4 Å². The second-order valence-electron chi connectivity index (χ2n) is 10.6. The number of benzene rings is 1. The molecule has 2 atom stereocenters. The molecule has 1 saturated heterocycles. The molecule has 0 amide bonds. The summed E-state index contributed by atoms with van der Waals surface area (Å²) in [4.78, 5) is 11.0. The Balaban J connectivity index is 1.33. The van der Waals surface area contributed by atoms with Gasteiger partial charge in [-0.15, -0.1) is 11.3 Å². The third-order valence-electron chi connectivity index (χ3n) is 7.71. The Labute approximate surface area is 225 Å². The Bertz CT molecular complexity index is 1290. The van der Waals surface area contributed by atoms with E-state index in [0.29, 0.717) is 29.6 Å². The van der Waals surface area contributed by atoms with Gasteiger partial charge in [0.05, 0.1) is 17.8 Å². The quantitative estimate of drug-likeness (QED) is 0.328. The number of pyridine rings is 1. The van der Waals surface area contributed by atoms with Crippen molar-refractivity contribution in [1.82, 2.24) is 14.9 Å². The highest BCUT2D eigenvalue weighted by Crippen LogP contribution is 2.44. The van der Waals surface area contributed by atoms with Gasteiger partial charge in [-0.25, -0.2) is 4.98 Å². The van der Waals surface area contributed by atoms with E-state index in [1.807, 2.05) is 24.3 Å². The zero-order valence-corrected chi connectivity index (χ0v) is 22.3. The van der Waals surface area contributed by atoms with Crippen molar-refractivity contribution in [3.63, 3.8) is 0 Å². The van der Waals surface area contributed by atoms with Gasteiger partial charge in [0.2, 0.25) is 0 Å². The van der Waals surface area contributed by atoms with E-state index in [1.165, 1.54) is 30.2 Å². The summed E-state index contributed by atoms with van der Waals surface area (Å²) in [5.41, 5.74) is 2.14. The van der Waals surface area contributed by atoms with Crippen LogP contribution in [0.25, 0.3) is 0 Å². The summed E-state index contributed by atoms with van der Waals surface area (Å²) in [6, 6.07) is 11.2. The maximum atomic E-state index is 14.0. The average molecular weight is 540 g/mol. The molecule has 0 spiro atoms. The maximum Gasteiger partial charge on any atom is 0.418 e. The Morgan fingerprint density at radius 3 is 2.74 bits per heavy atom. The first-order valence-corrected chi connectivity index (χ1v) is 14.1. The van der Waals surface area contributed by atoms with Gasteiger partial charge in [-0.1, -0.05) is 25.5 Å². The molecule has 2 aliphatic rings. The summed E-state index contributed by atoms with van der Waals surface area (Å²) in [5, 5.41) is 15.1. The number of hydrogen-bond donors (Lipinski definition) is 1. The molecule has 0 radical (unpaired) electrons. The zero-order valence-electron chi connectivity index (χ0n) is 21.5. The van der Waals surface area contributed by atoms with Gasteiger partial charge in [-0.05, 0) is 73.4 Å². The van der Waals surface area contributed by atoms with E-state index in [-0.39, 0.29) is 18.2 Å². The number of thiazole rings is 1. The molecule has 1 N–H and O–H groups in total. The van der Waals surface area contributed by atoms with Crippen molar-refractivity contribution >= 4 is 17.0 Å². The maximum absolute atomic E-state index is 14.0. The molecule has 3 aromatic rings. The second-order valence-corrected chi connectivity index (χ2v) is 11.5. The number of alkyl halides is 3. The summed E-state index contributed by atoms with van der Waals surface area (Å²) in [5.74, 6) is 1.10. The molecule has 5 nitrogen and oxygen atoms in total. The van der Waals surface area contributed by atoms with Crippen LogP contribution in [0.2, 0.25) is 0 Å². The van der Waals surface area contributed by atoms with Crippen LogP contribution in [-0.4, -0.2) is 28.0 Å². The minimum absolute atomic E-state index is 0.00667. The SMILES string of the molecule is C[C@H]1CCCN(Cc2cnc(CNc3cccc(C(c4nc(C#N)cs4)C4CCC4)c3)c(C(F)(F)F)c2)C1. The third-order valence-corrected chi connectivity index (χ3v) is 8.64. The van der Waals surface area contributed by atoms with E-state index in [0.717, 1.165) is 48.6 Å². The fourth-order valence-electron chi connectivity index (χ4n) is 5.60. The van der Waals surface area contributed by atoms with Crippen molar-refractivity contribution in [3.05, 3.63) is 75.0 Å². The summed E-state index contributed by atoms with van der Waals surface area (Å²) < 4.78 is 42.0. The molecule has 9 heteroatoms. The number of halogens is 3. The molecule has 1 unspecified atom stereocenters. The van der Waals surface area contributed by atoms with E-state index in [2.05, 4.69) is 33.2 Å². The molecule has 5 rings (SSSR count). The number of nitrogens with one attached hydrogen (secondary N) is 1. The number of anilines is 1. The standard InChI is InChI=1S/C29H32F3N5S/c1-19-5-4-10-37(16-19)17-20-11-25(29(30,31)32)26(35-14-20)15-34-23-9-3-8-22(12-23)27(21-6-2-7-21)28-36-24(13-33)18-38-28/h3,8-9,11-12,14,18-19,21,27,34H,2,4-7,10,15-17H2,1H3/t19-,27?/m0/s1. The molecule has 1 aliphatic heterocycles. The average Bonchev–Trinajstić information content (AvgIpc) is 3.34. The van der Waals surface area contributed by atoms with Gasteiger partial charge in [-0.3, -0.25) is 9.88 Å². The molecule has 1 aromatic carbocycles. The first-order valence-electron chi connectivity index (χ1n) is 13.3. The molecule has 2 aromatic heterocycles. The van der Waals surface area contributed by atoms with E-state index in [4.69, 9.17) is 0 Å². The van der Waals surface area contributed by atoms with Crippen LogP contribution < -0.4 is 5.32 Å². The minimum atomic E-state index is -4.48. The normalized spacial score (nSPS) is 19.5. The van der Waals surface area contributed by atoms with Crippen LogP contribution in [0.5, 0.6) is 0 Å². The van der Waals surface area contributed by atoms with E-state index < -0.39 is 11.7 Å². The van der Waals surface area contributed by atoms with Crippen molar-refractivity contribution < 1.29 is 13.2 Å². The van der Waals surface area contributed by atoms with Crippen molar-refractivity contribution in [2.45, 2.75) is 64.2 Å². The lowest BCUT2D eigenvalue weighted by Crippen LogP contribution is -2.33. The molecule has 1 aliphatic carbocycles. The van der Waals surface area contributed by atoms with Gasteiger partial charge in [0.25, 0.3) is 0 Å². The van der Waals surface area contributed by atoms with Gasteiger partial charge in [0.1, 0.15) is 11.1 Å². The first-order chi connectivity index (χ1) is 18.3. The minimum Gasteiger partial charge on any atom is -0.379 e. The van der Waals surface area contributed by atoms with Crippen LogP contribution >= 0.6 is 11.3 Å². The number of likely N-dealkylation sites (tertiary alicyclic amines) is 1. The van der Waals surface area contributed by atoms with Crippen molar-refractivity contribution in [2.24, 2.45) is 11.8 Å². The predicted octanol–water partition coefficient (Wildman–Crippen LogP) is 7.20. The van der Waals surface area contributed by atoms with Crippen LogP contribution in [0.3, 0.4) is 0 Å². The molecule has 3 heterocycles. The Hall–Kier alpha value is -2.96. The Morgan fingerprint density at radius 2 is 2.05 bits per heavy atom. The Kier molecular flexibility index (Phi) is 8.01. The van der Waals surface area contributed by atoms with Gasteiger partial charge in [0, 0.05) is 36.3 Å². The van der Waals surface area contributed by atoms with Crippen molar-refractivity contribution in [2.75, 3.05) is 18.4 Å². The van der Waals surface area contributed by atoms with Crippen LogP contribution in [0, 0.1) is 23.2 Å². The fraction of sp³-hybridized carbons (Fsp3) is 0.483. The topological polar surface area (TPSA) is 64.8 Å². The van der Waals surface area contributed by atoms with E-state index >= 15 is 0 Å². The molecule has 200 valence electrons. The van der Waals surface area contributed by atoms with E-state index in [1.54, 1.807) is 11.6 Å². The van der Waals surface area contributed by atoms with Crippen LogP contribution in [0.1, 0.15) is 78.0 Å². The highest BCUT2D eigenvalue weighted by atomic mass is 32.1. The molecule has 1 saturated carbocycles. The van der Waals surface area contributed by atoms with Gasteiger partial charge < -0.3 is 5.32 Å². The molecule has 38 heavy (non-hydrogen) atoms.